The van der Waals surface area contributed by atoms with Crippen molar-refractivity contribution in [3.8, 4) is 16.9 Å². The molecule has 1 unspecified atom stereocenters. The van der Waals surface area contributed by atoms with E-state index in [2.05, 4.69) is 99.0 Å². The largest absolute Gasteiger partial charge is 0.492 e. The van der Waals surface area contributed by atoms with Crippen molar-refractivity contribution in [1.29, 1.82) is 0 Å². The summed E-state index contributed by atoms with van der Waals surface area (Å²) in [6, 6.07) is 23.9. The van der Waals surface area contributed by atoms with Crippen molar-refractivity contribution in [2.75, 3.05) is 26.2 Å². The molecule has 4 aromatic rings. The minimum Gasteiger partial charge on any atom is -0.492 e. The van der Waals surface area contributed by atoms with Crippen molar-refractivity contribution in [2.45, 2.75) is 27.2 Å². The van der Waals surface area contributed by atoms with E-state index in [4.69, 9.17) is 4.74 Å². The summed E-state index contributed by atoms with van der Waals surface area (Å²) in [5.41, 5.74) is 7.33. The average molecular weight is 468 g/mol. The number of hydrogen-bond donors (Lipinski definition) is 0. The number of fused-ring (bicyclic) bond motifs is 1. The molecule has 5 rings (SSSR count). The second kappa shape index (κ2) is 9.77. The van der Waals surface area contributed by atoms with Crippen molar-refractivity contribution < 1.29 is 4.74 Å². The predicted octanol–water partition coefficient (Wildman–Crippen LogP) is 7.97. The van der Waals surface area contributed by atoms with Gasteiger partial charge in [0.2, 0.25) is 0 Å². The Morgan fingerprint density at radius 1 is 1.06 bits per heavy atom. The molecule has 2 heterocycles. The van der Waals surface area contributed by atoms with Crippen LogP contribution in [0.15, 0.2) is 73.3 Å². The molecule has 0 N–H and O–H groups in total. The quantitative estimate of drug-likeness (QED) is 0.273. The molecule has 1 fully saturated rings. The van der Waals surface area contributed by atoms with Gasteiger partial charge in [-0.15, -0.1) is 11.3 Å². The molecule has 0 bridgehead atoms. The third-order valence-electron chi connectivity index (χ3n) is 6.90. The molecule has 1 aliphatic rings. The maximum absolute atomic E-state index is 6.08. The molecule has 1 aliphatic heterocycles. The SMILES string of the molecule is C=C(c1ccc(C)cc1C)c1sc2ccccc2c1-c1ccc(OCCN2CCC(C)C2)cc1. The van der Waals surface area contributed by atoms with Crippen molar-refractivity contribution >= 4 is 27.0 Å². The zero-order valence-electron chi connectivity index (χ0n) is 20.4. The average Bonchev–Trinajstić information content (AvgIpc) is 3.42. The van der Waals surface area contributed by atoms with Gasteiger partial charge in [0.25, 0.3) is 0 Å². The van der Waals surface area contributed by atoms with Gasteiger partial charge >= 0.3 is 0 Å². The fourth-order valence-corrected chi connectivity index (χ4v) is 6.27. The van der Waals surface area contributed by atoms with Crippen LogP contribution in [0.1, 0.15) is 34.9 Å². The first-order valence-corrected chi connectivity index (χ1v) is 13.1. The van der Waals surface area contributed by atoms with Gasteiger partial charge < -0.3 is 4.74 Å². The lowest BCUT2D eigenvalue weighted by Crippen LogP contribution is -2.25. The third kappa shape index (κ3) is 4.68. The highest BCUT2D eigenvalue weighted by Gasteiger charge is 2.19. The standard InChI is InChI=1S/C31H33NOS/c1-21-9-14-27(23(3)19-21)24(4)31-30(28-7-5-6-8-29(28)34-31)25-10-12-26(13-11-25)33-18-17-32-16-15-22(2)20-32/h5-14,19,22H,4,15-18,20H2,1-3H3. The van der Waals surface area contributed by atoms with Gasteiger partial charge in [0.15, 0.2) is 0 Å². The van der Waals surface area contributed by atoms with Crippen LogP contribution in [-0.4, -0.2) is 31.1 Å². The van der Waals surface area contributed by atoms with Crippen molar-refractivity contribution in [2.24, 2.45) is 5.92 Å². The van der Waals surface area contributed by atoms with E-state index in [9.17, 15) is 0 Å². The van der Waals surface area contributed by atoms with E-state index in [1.807, 2.05) is 11.3 Å². The number of likely N-dealkylation sites (tertiary alicyclic amines) is 1. The van der Waals surface area contributed by atoms with Crippen LogP contribution in [0.3, 0.4) is 0 Å². The highest BCUT2D eigenvalue weighted by Crippen LogP contribution is 2.44. The van der Waals surface area contributed by atoms with E-state index in [0.717, 1.165) is 30.4 Å². The van der Waals surface area contributed by atoms with Gasteiger partial charge in [-0.3, -0.25) is 4.90 Å². The van der Waals surface area contributed by atoms with E-state index < -0.39 is 0 Å². The Balaban J connectivity index is 1.42. The third-order valence-corrected chi connectivity index (χ3v) is 8.13. The Labute approximate surface area is 207 Å². The highest BCUT2D eigenvalue weighted by atomic mass is 32.1. The summed E-state index contributed by atoms with van der Waals surface area (Å²) in [5, 5.41) is 1.28. The Morgan fingerprint density at radius 2 is 1.85 bits per heavy atom. The molecule has 1 aromatic heterocycles. The fraction of sp³-hybridized carbons (Fsp3) is 0.290. The Kier molecular flexibility index (Phi) is 6.58. The number of nitrogens with zero attached hydrogens (tertiary/aromatic N) is 1. The zero-order valence-corrected chi connectivity index (χ0v) is 21.3. The lowest BCUT2D eigenvalue weighted by atomic mass is 9.93. The molecule has 1 atom stereocenters. The molecule has 0 saturated carbocycles. The van der Waals surface area contributed by atoms with E-state index in [1.165, 1.54) is 62.3 Å². The zero-order chi connectivity index (χ0) is 23.7. The van der Waals surface area contributed by atoms with Gasteiger partial charge in [0, 0.05) is 33.6 Å². The first kappa shape index (κ1) is 22.9. The van der Waals surface area contributed by atoms with Crippen LogP contribution in [0.2, 0.25) is 0 Å². The van der Waals surface area contributed by atoms with E-state index in [1.54, 1.807) is 0 Å². The van der Waals surface area contributed by atoms with Crippen LogP contribution >= 0.6 is 11.3 Å². The maximum Gasteiger partial charge on any atom is 0.119 e. The normalized spacial score (nSPS) is 16.3. The predicted molar refractivity (Wildman–Crippen MR) is 147 cm³/mol. The maximum atomic E-state index is 6.08. The molecule has 0 radical (unpaired) electrons. The Morgan fingerprint density at radius 3 is 2.59 bits per heavy atom. The topological polar surface area (TPSA) is 12.5 Å². The van der Waals surface area contributed by atoms with Crippen molar-refractivity contribution in [3.63, 3.8) is 0 Å². The Hall–Kier alpha value is -2.88. The molecule has 0 spiro atoms. The van der Waals surface area contributed by atoms with Crippen LogP contribution < -0.4 is 4.74 Å². The number of rotatable bonds is 7. The lowest BCUT2D eigenvalue weighted by Gasteiger charge is -2.16. The van der Waals surface area contributed by atoms with Crippen LogP contribution in [0, 0.1) is 19.8 Å². The summed E-state index contributed by atoms with van der Waals surface area (Å²) < 4.78 is 7.37. The number of hydrogen-bond acceptors (Lipinski definition) is 3. The molecule has 34 heavy (non-hydrogen) atoms. The van der Waals surface area contributed by atoms with Gasteiger partial charge in [-0.2, -0.15) is 0 Å². The molecule has 2 nitrogen and oxygen atoms in total. The molecule has 1 saturated heterocycles. The van der Waals surface area contributed by atoms with Crippen molar-refractivity contribution in [1.82, 2.24) is 4.90 Å². The lowest BCUT2D eigenvalue weighted by molar-refractivity contribution is 0.234. The van der Waals surface area contributed by atoms with Gasteiger partial charge in [-0.25, -0.2) is 0 Å². The van der Waals surface area contributed by atoms with Gasteiger partial charge in [0.1, 0.15) is 12.4 Å². The molecule has 3 aromatic carbocycles. The summed E-state index contributed by atoms with van der Waals surface area (Å²) in [7, 11) is 0. The second-order valence-electron chi connectivity index (χ2n) is 9.67. The summed E-state index contributed by atoms with van der Waals surface area (Å²) in [5.74, 6) is 1.75. The minimum absolute atomic E-state index is 0.738. The molecular formula is C31H33NOS. The van der Waals surface area contributed by atoms with Gasteiger partial charge in [0.05, 0.1) is 0 Å². The van der Waals surface area contributed by atoms with E-state index in [0.29, 0.717) is 0 Å². The van der Waals surface area contributed by atoms with Crippen molar-refractivity contribution in [3.05, 3.63) is 94.9 Å². The van der Waals surface area contributed by atoms with Crippen LogP contribution in [0.5, 0.6) is 5.75 Å². The summed E-state index contributed by atoms with van der Waals surface area (Å²) in [4.78, 5) is 3.74. The molecule has 174 valence electrons. The first-order chi connectivity index (χ1) is 16.5. The van der Waals surface area contributed by atoms with Gasteiger partial charge in [-0.1, -0.05) is 67.6 Å². The number of benzene rings is 3. The molecular weight excluding hydrogens is 434 g/mol. The summed E-state index contributed by atoms with van der Waals surface area (Å²) >= 11 is 1.83. The minimum atomic E-state index is 0.738. The molecule has 0 aliphatic carbocycles. The number of thiophene rings is 1. The van der Waals surface area contributed by atoms with Crippen LogP contribution in [-0.2, 0) is 0 Å². The highest BCUT2D eigenvalue weighted by molar-refractivity contribution is 7.20. The summed E-state index contributed by atoms with van der Waals surface area (Å²) in [6.07, 6.45) is 1.30. The van der Waals surface area contributed by atoms with E-state index in [-0.39, 0.29) is 0 Å². The van der Waals surface area contributed by atoms with Crippen LogP contribution in [0.4, 0.5) is 0 Å². The fourth-order valence-electron chi connectivity index (χ4n) is 5.06. The van der Waals surface area contributed by atoms with Gasteiger partial charge in [-0.05, 0) is 73.2 Å². The smallest absolute Gasteiger partial charge is 0.119 e. The first-order valence-electron chi connectivity index (χ1n) is 12.2. The number of aryl methyl sites for hydroxylation is 2. The second-order valence-corrected chi connectivity index (χ2v) is 10.7. The summed E-state index contributed by atoms with van der Waals surface area (Å²) in [6.45, 7) is 15.3. The van der Waals surface area contributed by atoms with E-state index >= 15 is 0 Å². The molecule has 0 amide bonds. The van der Waals surface area contributed by atoms with Crippen LogP contribution in [0.25, 0.3) is 26.8 Å². The number of ether oxygens (including phenoxy) is 1. The molecule has 3 heteroatoms. The monoisotopic (exact) mass is 467 g/mol. The Bertz CT molecular complexity index is 1320.